The van der Waals surface area contributed by atoms with Crippen LogP contribution in [0.4, 0.5) is 11.4 Å². The van der Waals surface area contributed by atoms with Crippen molar-refractivity contribution in [2.45, 2.75) is 9.79 Å². The van der Waals surface area contributed by atoms with Crippen molar-refractivity contribution < 1.29 is 35.9 Å². The number of carbonyl (C=O) groups is 2. The molecule has 0 fully saturated rings. The first-order chi connectivity index (χ1) is 20.9. The molecule has 0 unspecified atom stereocenters. The lowest BCUT2D eigenvalue weighted by atomic mass is 10.2. The van der Waals surface area contributed by atoms with Crippen molar-refractivity contribution in [2.75, 3.05) is 23.7 Å². The van der Waals surface area contributed by atoms with Gasteiger partial charge in [-0.05, 0) is 36.4 Å². The summed E-state index contributed by atoms with van der Waals surface area (Å²) in [5.74, 6) is -1.52. The molecule has 44 heavy (non-hydrogen) atoms. The Balaban J connectivity index is 0.000000240. The van der Waals surface area contributed by atoms with Gasteiger partial charge in [-0.1, -0.05) is 24.3 Å². The fourth-order valence-electron chi connectivity index (χ4n) is 3.49. The minimum atomic E-state index is -4.02. The summed E-state index contributed by atoms with van der Waals surface area (Å²) in [7, 11) is -5.72. The molecule has 0 atom stereocenters. The molecule has 0 spiro atoms. The van der Waals surface area contributed by atoms with Gasteiger partial charge in [-0.15, -0.1) is 0 Å². The zero-order chi connectivity index (χ0) is 32.3. The highest BCUT2D eigenvalue weighted by Gasteiger charge is 2.24. The van der Waals surface area contributed by atoms with Gasteiger partial charge in [0, 0.05) is 12.4 Å². The summed E-state index contributed by atoms with van der Waals surface area (Å²) >= 11 is 0. The standard InChI is InChI=1S/2C14H11N3O4S/c2*1-21-14(18)12-4-2-3-5-13(12)22(19,20)17-11-6-10(7-15)8-16-9-11/h2*2-6,8-9,17H,1H3. The third-order valence-corrected chi connectivity index (χ3v) is 8.28. The van der Waals surface area contributed by atoms with E-state index in [2.05, 4.69) is 28.9 Å². The van der Waals surface area contributed by atoms with Crippen molar-refractivity contribution in [3.05, 3.63) is 108 Å². The highest BCUT2D eigenvalue weighted by molar-refractivity contribution is 7.93. The van der Waals surface area contributed by atoms with Crippen LogP contribution in [0.3, 0.4) is 0 Å². The molecule has 0 saturated carbocycles. The molecule has 2 heterocycles. The summed E-state index contributed by atoms with van der Waals surface area (Å²) in [6.07, 6.45) is 5.14. The molecule has 0 saturated heterocycles. The fourth-order valence-corrected chi connectivity index (χ4v) is 5.95. The lowest BCUT2D eigenvalue weighted by Gasteiger charge is -2.11. The van der Waals surface area contributed by atoms with Gasteiger partial charge in [0.05, 0.1) is 60.2 Å². The fraction of sp³-hybridized carbons (Fsp3) is 0.0714. The average Bonchev–Trinajstić information content (AvgIpc) is 3.04. The lowest BCUT2D eigenvalue weighted by molar-refractivity contribution is 0.0587. The first kappa shape index (κ1) is 32.7. The van der Waals surface area contributed by atoms with Crippen molar-refractivity contribution in [3.63, 3.8) is 0 Å². The highest BCUT2D eigenvalue weighted by atomic mass is 32.2. The second-order valence-corrected chi connectivity index (χ2v) is 11.6. The van der Waals surface area contributed by atoms with Crippen LogP contribution in [-0.2, 0) is 29.5 Å². The zero-order valence-corrected chi connectivity index (χ0v) is 24.6. The maximum absolute atomic E-state index is 12.4. The molecule has 4 aromatic rings. The number of hydrogen-bond acceptors (Lipinski definition) is 12. The molecule has 224 valence electrons. The number of hydrogen-bond donors (Lipinski definition) is 2. The van der Waals surface area contributed by atoms with Crippen LogP contribution in [-0.4, -0.2) is 53.0 Å². The quantitative estimate of drug-likeness (QED) is 0.267. The number of methoxy groups -OCH3 is 2. The number of ether oxygens (including phenoxy) is 2. The number of esters is 2. The van der Waals surface area contributed by atoms with Gasteiger partial charge >= 0.3 is 11.9 Å². The van der Waals surface area contributed by atoms with Gasteiger partial charge in [-0.2, -0.15) is 10.5 Å². The second-order valence-electron chi connectivity index (χ2n) is 8.33. The van der Waals surface area contributed by atoms with Gasteiger partial charge < -0.3 is 9.47 Å². The summed E-state index contributed by atoms with van der Waals surface area (Å²) in [5, 5.41) is 17.6. The number of sulfonamides is 2. The molecule has 2 aromatic carbocycles. The number of aromatic nitrogens is 2. The smallest absolute Gasteiger partial charge is 0.339 e. The van der Waals surface area contributed by atoms with Crippen LogP contribution in [0.2, 0.25) is 0 Å². The molecule has 0 aliphatic rings. The van der Waals surface area contributed by atoms with E-state index in [4.69, 9.17) is 10.5 Å². The molecule has 16 heteroatoms. The largest absolute Gasteiger partial charge is 0.465 e. The molecule has 0 bridgehead atoms. The molecule has 0 radical (unpaired) electrons. The second kappa shape index (κ2) is 14.4. The molecule has 4 rings (SSSR count). The number of nitrogens with zero attached hydrogens (tertiary/aromatic N) is 4. The van der Waals surface area contributed by atoms with Crippen molar-refractivity contribution >= 4 is 43.4 Å². The third-order valence-electron chi connectivity index (χ3n) is 5.40. The number of nitriles is 2. The van der Waals surface area contributed by atoms with Crippen molar-refractivity contribution in [2.24, 2.45) is 0 Å². The third kappa shape index (κ3) is 8.13. The summed E-state index contributed by atoms with van der Waals surface area (Å²) in [6.45, 7) is 0. The van der Waals surface area contributed by atoms with Gasteiger partial charge in [-0.3, -0.25) is 19.4 Å². The Labute approximate surface area is 252 Å². The van der Waals surface area contributed by atoms with Crippen molar-refractivity contribution in [1.29, 1.82) is 10.5 Å². The molecule has 14 nitrogen and oxygen atoms in total. The van der Waals surface area contributed by atoms with E-state index < -0.39 is 32.0 Å². The normalized spacial score (nSPS) is 10.5. The van der Waals surface area contributed by atoms with E-state index in [0.717, 1.165) is 0 Å². The van der Waals surface area contributed by atoms with Gasteiger partial charge in [0.1, 0.15) is 21.9 Å². The van der Waals surface area contributed by atoms with Crippen LogP contribution in [0.25, 0.3) is 0 Å². The Morgan fingerprint density at radius 2 is 1.02 bits per heavy atom. The number of rotatable bonds is 8. The monoisotopic (exact) mass is 634 g/mol. The van der Waals surface area contributed by atoms with Crippen LogP contribution in [0.1, 0.15) is 31.8 Å². The maximum Gasteiger partial charge on any atom is 0.339 e. The topological polar surface area (TPSA) is 218 Å². The van der Waals surface area contributed by atoms with Gasteiger partial charge in [0.15, 0.2) is 0 Å². The van der Waals surface area contributed by atoms with E-state index in [1.165, 1.54) is 99.7 Å². The first-order valence-corrected chi connectivity index (χ1v) is 15.0. The molecule has 2 aromatic heterocycles. The van der Waals surface area contributed by atoms with E-state index in [9.17, 15) is 26.4 Å². The number of carbonyl (C=O) groups excluding carboxylic acids is 2. The van der Waals surface area contributed by atoms with Crippen molar-refractivity contribution in [1.82, 2.24) is 9.97 Å². The van der Waals surface area contributed by atoms with Gasteiger partial charge in [-0.25, -0.2) is 26.4 Å². The van der Waals surface area contributed by atoms with Crippen LogP contribution in [0.15, 0.2) is 95.2 Å². The van der Waals surface area contributed by atoms with Crippen LogP contribution in [0.5, 0.6) is 0 Å². The minimum Gasteiger partial charge on any atom is -0.465 e. The number of anilines is 2. The predicted octanol–water partition coefficient (Wildman–Crippen LogP) is 3.08. The highest BCUT2D eigenvalue weighted by Crippen LogP contribution is 2.22. The van der Waals surface area contributed by atoms with Gasteiger partial charge in [0.25, 0.3) is 20.0 Å². The summed E-state index contributed by atoms with van der Waals surface area (Å²) < 4.78 is 63.4. The lowest BCUT2D eigenvalue weighted by Crippen LogP contribution is -2.17. The van der Waals surface area contributed by atoms with Crippen molar-refractivity contribution in [3.8, 4) is 12.1 Å². The van der Waals surface area contributed by atoms with Crippen LogP contribution in [0, 0.1) is 22.7 Å². The molecule has 2 N–H and O–H groups in total. The Kier molecular flexibility index (Phi) is 10.7. The molecule has 0 amide bonds. The summed E-state index contributed by atoms with van der Waals surface area (Å²) in [5.41, 5.74) is 0.504. The Hall–Kier alpha value is -5.84. The summed E-state index contributed by atoms with van der Waals surface area (Å²) in [6, 6.07) is 17.7. The van der Waals surface area contributed by atoms with Gasteiger partial charge in [0.2, 0.25) is 0 Å². The number of nitrogens with one attached hydrogen (secondary N) is 2. The number of pyridine rings is 2. The SMILES string of the molecule is COC(=O)c1ccccc1S(=O)(=O)Nc1cncc(C#N)c1.COC(=O)c1ccccc1S(=O)(=O)Nc1cncc(C#N)c1. The first-order valence-electron chi connectivity index (χ1n) is 12.1. The molecule has 0 aliphatic heterocycles. The Morgan fingerprint density at radius 3 is 1.36 bits per heavy atom. The molecule has 0 aliphatic carbocycles. The Bertz CT molecular complexity index is 1860. The van der Waals surface area contributed by atoms with E-state index in [1.54, 1.807) is 0 Å². The van der Waals surface area contributed by atoms with Crippen LogP contribution < -0.4 is 9.44 Å². The summed E-state index contributed by atoms with van der Waals surface area (Å²) in [4.78, 5) is 30.4. The number of benzene rings is 2. The maximum atomic E-state index is 12.4. The predicted molar refractivity (Wildman–Crippen MR) is 155 cm³/mol. The molecular weight excluding hydrogens is 612 g/mol. The average molecular weight is 635 g/mol. The van der Waals surface area contributed by atoms with E-state index >= 15 is 0 Å². The molecular formula is C28H22N6O8S2. The Morgan fingerprint density at radius 1 is 0.659 bits per heavy atom. The minimum absolute atomic E-state index is 0.0816. The van der Waals surface area contributed by atoms with E-state index in [0.29, 0.717) is 0 Å². The van der Waals surface area contributed by atoms with E-state index in [-0.39, 0.29) is 43.4 Å². The van der Waals surface area contributed by atoms with Crippen LogP contribution >= 0.6 is 0 Å². The zero-order valence-electron chi connectivity index (χ0n) is 23.0. The van der Waals surface area contributed by atoms with E-state index in [1.807, 2.05) is 12.1 Å².